The van der Waals surface area contributed by atoms with Crippen molar-refractivity contribution in [1.29, 1.82) is 0 Å². The highest BCUT2D eigenvalue weighted by Gasteiger charge is 2.36. The molecule has 7 nitrogen and oxygen atoms in total. The first-order chi connectivity index (χ1) is 17.7. The molecule has 1 N–H and O–H groups in total. The number of halogens is 3. The fraction of sp³-hybridized carbons (Fsp3) is 0.222. The van der Waals surface area contributed by atoms with E-state index in [1.165, 1.54) is 23.1 Å². The molecule has 1 amide bonds. The van der Waals surface area contributed by atoms with E-state index < -0.39 is 30.2 Å². The van der Waals surface area contributed by atoms with Gasteiger partial charge in [0.25, 0.3) is 5.91 Å². The summed E-state index contributed by atoms with van der Waals surface area (Å²) >= 11 is 0. The Bertz CT molecular complexity index is 1340. The number of nitrogens with zero attached hydrogens (tertiary/aromatic N) is 3. The third-order valence-electron chi connectivity index (χ3n) is 5.65. The van der Waals surface area contributed by atoms with Crippen LogP contribution in [0.2, 0.25) is 0 Å². The molecule has 1 aromatic heterocycles. The number of hydrogen-bond donors (Lipinski definition) is 1. The van der Waals surface area contributed by atoms with Gasteiger partial charge < -0.3 is 19.6 Å². The minimum absolute atomic E-state index is 0.272. The predicted octanol–water partition coefficient (Wildman–Crippen LogP) is 3.93. The van der Waals surface area contributed by atoms with Crippen LogP contribution in [-0.2, 0) is 11.0 Å². The highest BCUT2D eigenvalue weighted by Crippen LogP contribution is 2.32. The fourth-order valence-corrected chi connectivity index (χ4v) is 3.83. The normalized spacial score (nSPS) is 13.5. The molecule has 37 heavy (non-hydrogen) atoms. The Morgan fingerprint density at radius 3 is 2.35 bits per heavy atom. The summed E-state index contributed by atoms with van der Waals surface area (Å²) in [6, 6.07) is 15.2. The standard InChI is InChI=1S/C27H22F3N3O4/c28-27(29,30)23-7-2-1-6-22(23)26(36)33-14-12-32(13-15-33)24-11-10-20(17-31-24)9-8-19-4-3-5-21(16-19)37-18-25(34)35/h1-7,10-11,16-17H,12-15,18H2,(H,34,35). The van der Waals surface area contributed by atoms with Crippen LogP contribution in [0.25, 0.3) is 0 Å². The average molecular weight is 509 g/mol. The Kier molecular flexibility index (Phi) is 7.63. The Hall–Kier alpha value is -4.52. The van der Waals surface area contributed by atoms with Crippen LogP contribution in [0.3, 0.4) is 0 Å². The van der Waals surface area contributed by atoms with Gasteiger partial charge >= 0.3 is 12.1 Å². The highest BCUT2D eigenvalue weighted by molar-refractivity contribution is 5.96. The molecule has 1 fully saturated rings. The summed E-state index contributed by atoms with van der Waals surface area (Å²) in [7, 11) is 0. The number of aliphatic carboxylic acids is 1. The van der Waals surface area contributed by atoms with E-state index in [0.29, 0.717) is 35.8 Å². The lowest BCUT2D eigenvalue weighted by atomic mass is 10.1. The number of amides is 1. The van der Waals surface area contributed by atoms with E-state index in [-0.39, 0.29) is 18.7 Å². The third kappa shape index (κ3) is 6.58. The number of aromatic nitrogens is 1. The summed E-state index contributed by atoms with van der Waals surface area (Å²) < 4.78 is 45.0. The molecule has 10 heteroatoms. The Balaban J connectivity index is 1.36. The number of benzene rings is 2. The Labute approximate surface area is 211 Å². The molecule has 0 bridgehead atoms. The zero-order valence-corrected chi connectivity index (χ0v) is 19.5. The molecule has 0 spiro atoms. The molecular formula is C27H22F3N3O4. The average Bonchev–Trinajstić information content (AvgIpc) is 2.90. The van der Waals surface area contributed by atoms with Gasteiger partial charge in [0.1, 0.15) is 11.6 Å². The van der Waals surface area contributed by atoms with Gasteiger partial charge in [-0.3, -0.25) is 4.79 Å². The molecule has 0 saturated carbocycles. The molecule has 190 valence electrons. The molecular weight excluding hydrogens is 487 g/mol. The van der Waals surface area contributed by atoms with Crippen molar-refractivity contribution in [3.63, 3.8) is 0 Å². The van der Waals surface area contributed by atoms with Gasteiger partial charge in [0.05, 0.1) is 11.1 Å². The molecule has 2 aromatic carbocycles. The second-order valence-electron chi connectivity index (χ2n) is 8.19. The van der Waals surface area contributed by atoms with E-state index >= 15 is 0 Å². The Morgan fingerprint density at radius 2 is 1.68 bits per heavy atom. The van der Waals surface area contributed by atoms with Gasteiger partial charge in [0.15, 0.2) is 6.61 Å². The molecule has 0 atom stereocenters. The number of carbonyl (C=O) groups is 2. The molecule has 0 radical (unpaired) electrons. The van der Waals surface area contributed by atoms with Gasteiger partial charge in [-0.2, -0.15) is 13.2 Å². The number of pyridine rings is 1. The van der Waals surface area contributed by atoms with Gasteiger partial charge in [-0.25, -0.2) is 9.78 Å². The zero-order chi connectivity index (χ0) is 26.4. The number of carboxylic acid groups (broad SMARTS) is 1. The number of carbonyl (C=O) groups excluding carboxylic acids is 1. The first-order valence-electron chi connectivity index (χ1n) is 11.3. The summed E-state index contributed by atoms with van der Waals surface area (Å²) in [5, 5.41) is 8.72. The largest absolute Gasteiger partial charge is 0.482 e. The van der Waals surface area contributed by atoms with E-state index in [2.05, 4.69) is 16.8 Å². The first kappa shape index (κ1) is 25.6. The molecule has 1 saturated heterocycles. The number of carboxylic acids is 1. The van der Waals surface area contributed by atoms with Crippen LogP contribution < -0.4 is 9.64 Å². The lowest BCUT2D eigenvalue weighted by molar-refractivity contribution is -0.139. The number of anilines is 1. The quantitative estimate of drug-likeness (QED) is 0.525. The van der Waals surface area contributed by atoms with Crippen molar-refractivity contribution < 1.29 is 32.6 Å². The van der Waals surface area contributed by atoms with Crippen LogP contribution in [0.15, 0.2) is 66.9 Å². The highest BCUT2D eigenvalue weighted by atomic mass is 19.4. The second-order valence-corrected chi connectivity index (χ2v) is 8.19. The number of piperazine rings is 1. The van der Waals surface area contributed by atoms with Crippen LogP contribution in [0.4, 0.5) is 19.0 Å². The molecule has 0 unspecified atom stereocenters. The topological polar surface area (TPSA) is 83.0 Å². The van der Waals surface area contributed by atoms with E-state index in [0.717, 1.165) is 6.07 Å². The van der Waals surface area contributed by atoms with Gasteiger partial charge in [-0.15, -0.1) is 0 Å². The lowest BCUT2D eigenvalue weighted by Crippen LogP contribution is -2.49. The summed E-state index contributed by atoms with van der Waals surface area (Å²) in [5.74, 6) is 5.35. The SMILES string of the molecule is O=C(O)COc1cccc(C#Cc2ccc(N3CCN(C(=O)c4ccccc4C(F)(F)F)CC3)nc2)c1. The van der Waals surface area contributed by atoms with Crippen molar-refractivity contribution in [3.05, 3.63) is 89.1 Å². The van der Waals surface area contributed by atoms with Crippen molar-refractivity contribution in [3.8, 4) is 17.6 Å². The van der Waals surface area contributed by atoms with Crippen molar-refractivity contribution in [2.75, 3.05) is 37.7 Å². The smallest absolute Gasteiger partial charge is 0.417 e. The maximum atomic E-state index is 13.3. The van der Waals surface area contributed by atoms with Crippen molar-refractivity contribution in [1.82, 2.24) is 9.88 Å². The molecule has 1 aliphatic rings. The first-order valence-corrected chi connectivity index (χ1v) is 11.3. The minimum Gasteiger partial charge on any atom is -0.482 e. The summed E-state index contributed by atoms with van der Waals surface area (Å²) in [4.78, 5) is 31.2. The van der Waals surface area contributed by atoms with Crippen molar-refractivity contribution in [2.24, 2.45) is 0 Å². The van der Waals surface area contributed by atoms with Crippen molar-refractivity contribution >= 4 is 17.7 Å². The van der Waals surface area contributed by atoms with Gasteiger partial charge in [0.2, 0.25) is 0 Å². The van der Waals surface area contributed by atoms with E-state index in [1.54, 1.807) is 42.6 Å². The van der Waals surface area contributed by atoms with Crippen LogP contribution in [0.5, 0.6) is 5.75 Å². The summed E-state index contributed by atoms with van der Waals surface area (Å²) in [5.41, 5.74) is 0.0434. The summed E-state index contributed by atoms with van der Waals surface area (Å²) in [6.07, 6.45) is -2.98. The van der Waals surface area contributed by atoms with Gasteiger partial charge in [0, 0.05) is 43.5 Å². The van der Waals surface area contributed by atoms with Gasteiger partial charge in [-0.05, 0) is 42.5 Å². The van der Waals surface area contributed by atoms with E-state index in [9.17, 15) is 22.8 Å². The van der Waals surface area contributed by atoms with Crippen molar-refractivity contribution in [2.45, 2.75) is 6.18 Å². The van der Waals surface area contributed by atoms with E-state index in [4.69, 9.17) is 9.84 Å². The number of rotatable bonds is 5. The predicted molar refractivity (Wildman–Crippen MR) is 129 cm³/mol. The maximum Gasteiger partial charge on any atom is 0.417 e. The molecule has 1 aliphatic heterocycles. The number of ether oxygens (including phenoxy) is 1. The zero-order valence-electron chi connectivity index (χ0n) is 19.5. The van der Waals surface area contributed by atoms with Crippen LogP contribution in [-0.4, -0.2) is 59.7 Å². The number of hydrogen-bond acceptors (Lipinski definition) is 5. The molecule has 0 aliphatic carbocycles. The van der Waals surface area contributed by atoms with Gasteiger partial charge in [-0.1, -0.05) is 30.0 Å². The summed E-state index contributed by atoms with van der Waals surface area (Å²) in [6.45, 7) is 0.969. The van der Waals surface area contributed by atoms with Crippen LogP contribution in [0.1, 0.15) is 27.0 Å². The maximum absolute atomic E-state index is 13.3. The van der Waals surface area contributed by atoms with E-state index in [1.807, 2.05) is 4.90 Å². The minimum atomic E-state index is -4.60. The lowest BCUT2D eigenvalue weighted by Gasteiger charge is -2.35. The van der Waals surface area contributed by atoms with Crippen LogP contribution >= 0.6 is 0 Å². The molecule has 2 heterocycles. The molecule has 3 aromatic rings. The monoisotopic (exact) mass is 509 g/mol. The molecule has 4 rings (SSSR count). The number of alkyl halides is 3. The van der Waals surface area contributed by atoms with Crippen LogP contribution in [0, 0.1) is 11.8 Å². The second kappa shape index (κ2) is 11.0. The Morgan fingerprint density at radius 1 is 0.946 bits per heavy atom. The third-order valence-corrected chi connectivity index (χ3v) is 5.65. The fourth-order valence-electron chi connectivity index (χ4n) is 3.83.